The molecule has 0 amide bonds. The van der Waals surface area contributed by atoms with Crippen LogP contribution < -0.4 is 0 Å². The lowest BCUT2D eigenvalue weighted by Crippen LogP contribution is -2.61. The summed E-state index contributed by atoms with van der Waals surface area (Å²) in [5.41, 5.74) is 0. The third kappa shape index (κ3) is 1.56. The smallest absolute Gasteiger partial charge is 0.0312 e. The van der Waals surface area contributed by atoms with Gasteiger partial charge in [-0.1, -0.05) is 12.8 Å². The van der Waals surface area contributed by atoms with E-state index in [9.17, 15) is 0 Å². The lowest BCUT2D eigenvalue weighted by atomic mass is 9.39. The van der Waals surface area contributed by atoms with Crippen molar-refractivity contribution in [1.29, 1.82) is 0 Å². The molecule has 0 aromatic rings. The molecule has 0 heteroatoms. The number of hydrogen-bond donors (Lipinski definition) is 0. The molecule has 11 fully saturated rings. The predicted molar refractivity (Wildman–Crippen MR) is 125 cm³/mol. The summed E-state index contributed by atoms with van der Waals surface area (Å²) in [4.78, 5) is 0. The van der Waals surface area contributed by atoms with Gasteiger partial charge in [0.25, 0.3) is 0 Å². The quantitative estimate of drug-likeness (QED) is 0.384. The number of hydrogen-bond acceptors (Lipinski definition) is 0. The van der Waals surface area contributed by atoms with Crippen LogP contribution in [0.3, 0.4) is 0 Å². The maximum absolute atomic E-state index is 1.69. The summed E-state index contributed by atoms with van der Waals surface area (Å²) < 4.78 is 0. The van der Waals surface area contributed by atoms with E-state index in [1.165, 1.54) is 118 Å². The van der Waals surface area contributed by atoms with Crippen molar-refractivity contribution >= 4 is 0 Å². The molecule has 0 nitrogen and oxygen atoms in total. The molecule has 0 bridgehead atoms. The third-order valence-corrected chi connectivity index (χ3v) is 16.8. The highest BCUT2D eigenvalue weighted by molar-refractivity contribution is 5.27. The zero-order valence-corrected chi connectivity index (χ0v) is 20.0. The first-order valence-electron chi connectivity index (χ1n) is 15.9. The van der Waals surface area contributed by atoms with Crippen LogP contribution in [0.2, 0.25) is 0 Å². The second kappa shape index (κ2) is 5.38. The van der Waals surface area contributed by atoms with Crippen molar-refractivity contribution in [2.75, 3.05) is 0 Å². The van der Waals surface area contributed by atoms with Gasteiger partial charge in [0.2, 0.25) is 0 Å². The lowest BCUT2D eigenvalue weighted by Gasteiger charge is -2.66. The first-order valence-corrected chi connectivity index (χ1v) is 15.9. The van der Waals surface area contributed by atoms with Crippen LogP contribution in [-0.4, -0.2) is 0 Å². The molecule has 0 heterocycles. The van der Waals surface area contributed by atoms with Crippen molar-refractivity contribution in [1.82, 2.24) is 0 Å². The Bertz CT molecular complexity index is 818. The zero-order chi connectivity index (χ0) is 20.0. The molecule has 0 aromatic heterocycles. The van der Waals surface area contributed by atoms with E-state index < -0.39 is 0 Å². The van der Waals surface area contributed by atoms with Gasteiger partial charge in [0.15, 0.2) is 0 Å². The predicted octanol–water partition coefficient (Wildman–Crippen LogP) is 7.14. The van der Waals surface area contributed by atoms with Crippen molar-refractivity contribution in [3.63, 3.8) is 0 Å². The summed E-state index contributed by atoms with van der Waals surface area (Å²) in [5.74, 6) is 24.6. The van der Waals surface area contributed by atoms with Gasteiger partial charge in [-0.25, -0.2) is 0 Å². The van der Waals surface area contributed by atoms with Gasteiger partial charge in [0.05, 0.1) is 0 Å². The summed E-state index contributed by atoms with van der Waals surface area (Å²) >= 11 is 0. The van der Waals surface area contributed by atoms with Gasteiger partial charge in [-0.3, -0.25) is 0 Å². The molecular formula is C32H44. The largest absolute Gasteiger partial charge is 0.0527 e. The first-order chi connectivity index (χ1) is 15.9. The minimum absolute atomic E-state index is 1.20. The Morgan fingerprint density at radius 3 is 0.594 bits per heavy atom. The second-order valence-corrected chi connectivity index (χ2v) is 16.0. The summed E-state index contributed by atoms with van der Waals surface area (Å²) in [7, 11) is 0. The van der Waals surface area contributed by atoms with Gasteiger partial charge in [-0.15, -0.1) is 0 Å². The topological polar surface area (TPSA) is 0 Å². The van der Waals surface area contributed by atoms with Gasteiger partial charge in [0.1, 0.15) is 0 Å². The maximum atomic E-state index is 1.69. The van der Waals surface area contributed by atoms with E-state index in [1.807, 2.05) is 0 Å². The molecule has 0 spiro atoms. The van der Waals surface area contributed by atoms with Gasteiger partial charge < -0.3 is 0 Å². The lowest BCUT2D eigenvalue weighted by molar-refractivity contribution is -0.185. The molecule has 0 aliphatic heterocycles. The van der Waals surface area contributed by atoms with Gasteiger partial charge >= 0.3 is 0 Å². The fraction of sp³-hybridized carbons (Fsp3) is 1.00. The molecule has 18 atom stereocenters. The highest BCUT2D eigenvalue weighted by Gasteiger charge is 2.79. The van der Waals surface area contributed by atoms with Crippen molar-refractivity contribution in [3.05, 3.63) is 0 Å². The Morgan fingerprint density at radius 1 is 0.188 bits per heavy atom. The molecule has 18 unspecified atom stereocenters. The van der Waals surface area contributed by atoms with Gasteiger partial charge in [-0.2, -0.15) is 0 Å². The Hall–Kier alpha value is 0. The Morgan fingerprint density at radius 2 is 0.375 bits per heavy atom. The van der Waals surface area contributed by atoms with Crippen LogP contribution >= 0.6 is 0 Å². The molecule has 0 aromatic carbocycles. The van der Waals surface area contributed by atoms with Gasteiger partial charge in [-0.05, 0) is 183 Å². The number of rotatable bonds is 0. The van der Waals surface area contributed by atoms with Crippen molar-refractivity contribution < 1.29 is 0 Å². The maximum Gasteiger partial charge on any atom is -0.0312 e. The standard InChI is InChI=1S/C32H44/c1-3-13-14-4-2-6-16-18-8-10-20-22-12-11-21-19-9-7-17-15(5-1)23(13)28-29(24(14)16)31(26(18)20)32(27(21)22)30(28)25(17)19/h13-32H,1-12H2. The molecule has 11 aliphatic rings. The highest BCUT2D eigenvalue weighted by atomic mass is 14.8. The Labute approximate surface area is 195 Å². The van der Waals surface area contributed by atoms with E-state index in [0.717, 1.165) is 0 Å². The summed E-state index contributed by atoms with van der Waals surface area (Å²) in [6.07, 6.45) is 20.1. The SMILES string of the molecule is C1CC2C3CCCC4C5CCC6C7CCC8C9CCC%10C(C1)C2C1C(C34)C(C56)C(C87)C1C%109. The van der Waals surface area contributed by atoms with Crippen molar-refractivity contribution in [2.45, 2.75) is 77.0 Å². The molecule has 32 heavy (non-hydrogen) atoms. The average molecular weight is 429 g/mol. The van der Waals surface area contributed by atoms with Crippen LogP contribution in [0.15, 0.2) is 0 Å². The monoisotopic (exact) mass is 428 g/mol. The molecule has 11 saturated carbocycles. The minimum Gasteiger partial charge on any atom is -0.0527 e. The van der Waals surface area contributed by atoms with Gasteiger partial charge in [0, 0.05) is 0 Å². The van der Waals surface area contributed by atoms with Crippen molar-refractivity contribution in [3.8, 4) is 0 Å². The third-order valence-electron chi connectivity index (χ3n) is 16.8. The zero-order valence-electron chi connectivity index (χ0n) is 20.0. The summed E-state index contributed by atoms with van der Waals surface area (Å²) in [6.45, 7) is 0. The van der Waals surface area contributed by atoms with Crippen LogP contribution in [0.1, 0.15) is 77.0 Å². The van der Waals surface area contributed by atoms with E-state index in [1.54, 1.807) is 77.0 Å². The molecule has 0 radical (unpaired) electrons. The first kappa shape index (κ1) is 17.4. The van der Waals surface area contributed by atoms with Crippen LogP contribution in [0.4, 0.5) is 0 Å². The minimum atomic E-state index is 1.20. The van der Waals surface area contributed by atoms with E-state index in [2.05, 4.69) is 0 Å². The van der Waals surface area contributed by atoms with Crippen molar-refractivity contribution in [2.24, 2.45) is 118 Å². The van der Waals surface area contributed by atoms with Crippen LogP contribution in [0, 0.1) is 118 Å². The summed E-state index contributed by atoms with van der Waals surface area (Å²) in [5, 5.41) is 0. The van der Waals surface area contributed by atoms with Crippen LogP contribution in [0.5, 0.6) is 0 Å². The van der Waals surface area contributed by atoms with Crippen LogP contribution in [0.25, 0.3) is 0 Å². The Balaban J connectivity index is 1.21. The fourth-order valence-electron chi connectivity index (χ4n) is 17.5. The van der Waals surface area contributed by atoms with E-state index >= 15 is 0 Å². The Kier molecular flexibility index (Phi) is 2.93. The average Bonchev–Trinajstić information content (AvgIpc) is 3.58. The normalized spacial score (nSPS) is 76.5. The molecular weight excluding hydrogens is 384 g/mol. The molecule has 11 aliphatic carbocycles. The molecule has 0 N–H and O–H groups in total. The number of fused-ring (bicyclic) bond motifs is 5. The molecule has 0 saturated heterocycles. The van der Waals surface area contributed by atoms with Crippen LogP contribution in [-0.2, 0) is 0 Å². The summed E-state index contributed by atoms with van der Waals surface area (Å²) in [6, 6.07) is 0. The highest BCUT2D eigenvalue weighted by Crippen LogP contribution is 2.84. The molecule has 11 rings (SSSR count). The van der Waals surface area contributed by atoms with E-state index in [0.29, 0.717) is 0 Å². The second-order valence-electron chi connectivity index (χ2n) is 16.0. The van der Waals surface area contributed by atoms with E-state index in [-0.39, 0.29) is 0 Å². The fourth-order valence-corrected chi connectivity index (χ4v) is 17.5. The molecule has 172 valence electrons. The van der Waals surface area contributed by atoms with E-state index in [4.69, 9.17) is 0 Å².